The van der Waals surface area contributed by atoms with Gasteiger partial charge in [0.05, 0.1) is 18.2 Å². The molecule has 0 spiro atoms. The van der Waals surface area contributed by atoms with Crippen LogP contribution in [0.25, 0.3) is 0 Å². The number of aromatic nitrogens is 1. The van der Waals surface area contributed by atoms with Crippen molar-refractivity contribution in [3.05, 3.63) is 76.4 Å². The molecule has 29 heavy (non-hydrogen) atoms. The number of ether oxygens (including phenoxy) is 1. The number of nitrogens with one attached hydrogen (secondary N) is 2. The molecule has 150 valence electrons. The van der Waals surface area contributed by atoms with Gasteiger partial charge in [-0.3, -0.25) is 9.47 Å². The van der Waals surface area contributed by atoms with Crippen molar-refractivity contribution in [1.29, 1.82) is 0 Å². The Bertz CT molecular complexity index is 1050. The van der Waals surface area contributed by atoms with Crippen molar-refractivity contribution >= 4 is 35.0 Å². The summed E-state index contributed by atoms with van der Waals surface area (Å²) in [6.45, 7) is 3.97. The van der Waals surface area contributed by atoms with Crippen molar-refractivity contribution in [2.24, 2.45) is 0 Å². The van der Waals surface area contributed by atoms with Crippen molar-refractivity contribution in [3.8, 4) is 5.75 Å². The molecule has 1 amide bonds. The van der Waals surface area contributed by atoms with Crippen LogP contribution in [0.2, 0.25) is 5.02 Å². The number of thioether (sulfide) groups is 1. The summed E-state index contributed by atoms with van der Waals surface area (Å²) in [4.78, 5) is 13.2. The first-order valence-corrected chi connectivity index (χ1v) is 10.5. The summed E-state index contributed by atoms with van der Waals surface area (Å²) in [5.74, 6) is 0.707. The normalized spacial score (nSPS) is 17.9. The van der Waals surface area contributed by atoms with Gasteiger partial charge in [0.1, 0.15) is 11.0 Å². The molecule has 0 saturated heterocycles. The first kappa shape index (κ1) is 19.7. The number of fused-ring (bicyclic) bond motifs is 1. The molecule has 4 rings (SSSR count). The summed E-state index contributed by atoms with van der Waals surface area (Å²) in [5.41, 5.74) is 7.28. The lowest BCUT2D eigenvalue weighted by molar-refractivity contribution is -0.116. The molecular formula is C22H22ClN3O2S. The SMILES string of the molecule is COc1ccc([C@H]2Nn3c(C)ccc3S[C@@H]2C(=O)Nc2ccc(C)c(Cl)c2)cc1. The molecule has 0 bridgehead atoms. The maximum Gasteiger partial charge on any atom is 0.240 e. The van der Waals surface area contributed by atoms with Gasteiger partial charge in [-0.2, -0.15) is 0 Å². The van der Waals surface area contributed by atoms with E-state index in [-0.39, 0.29) is 17.2 Å². The summed E-state index contributed by atoms with van der Waals surface area (Å²) in [5, 5.41) is 4.31. The molecule has 5 nitrogen and oxygen atoms in total. The second-order valence-corrected chi connectivity index (χ2v) is 8.59. The number of aryl methyl sites for hydroxylation is 2. The molecule has 2 N–H and O–H groups in total. The van der Waals surface area contributed by atoms with E-state index in [2.05, 4.69) is 10.7 Å². The predicted octanol–water partition coefficient (Wildman–Crippen LogP) is 5.16. The molecule has 7 heteroatoms. The van der Waals surface area contributed by atoms with Gasteiger partial charge >= 0.3 is 0 Å². The first-order valence-electron chi connectivity index (χ1n) is 9.29. The number of carbonyl (C=O) groups excluding carboxylic acids is 1. The van der Waals surface area contributed by atoms with E-state index in [0.717, 1.165) is 27.6 Å². The lowest BCUT2D eigenvalue weighted by Crippen LogP contribution is -2.41. The third-order valence-electron chi connectivity index (χ3n) is 5.03. The van der Waals surface area contributed by atoms with Gasteiger partial charge in [-0.1, -0.05) is 41.6 Å². The van der Waals surface area contributed by atoms with Crippen LogP contribution in [0.1, 0.15) is 22.9 Å². The van der Waals surface area contributed by atoms with Gasteiger partial charge < -0.3 is 15.5 Å². The van der Waals surface area contributed by atoms with Crippen LogP contribution in [0.3, 0.4) is 0 Å². The van der Waals surface area contributed by atoms with E-state index >= 15 is 0 Å². The van der Waals surface area contributed by atoms with Gasteiger partial charge in [-0.05, 0) is 61.4 Å². The van der Waals surface area contributed by atoms with E-state index < -0.39 is 0 Å². The number of halogens is 1. The molecule has 1 aromatic heterocycles. The van der Waals surface area contributed by atoms with E-state index in [4.69, 9.17) is 16.3 Å². The molecule has 0 fully saturated rings. The Balaban J connectivity index is 1.65. The number of benzene rings is 2. The van der Waals surface area contributed by atoms with E-state index in [9.17, 15) is 4.79 Å². The summed E-state index contributed by atoms with van der Waals surface area (Å²) in [7, 11) is 1.64. The fourth-order valence-electron chi connectivity index (χ4n) is 3.33. The fourth-order valence-corrected chi connectivity index (χ4v) is 4.74. The summed E-state index contributed by atoms with van der Waals surface area (Å²) in [6.07, 6.45) is 0. The maximum absolute atomic E-state index is 13.2. The highest BCUT2D eigenvalue weighted by molar-refractivity contribution is 8.00. The van der Waals surface area contributed by atoms with Crippen molar-refractivity contribution in [3.63, 3.8) is 0 Å². The standard InChI is InChI=1S/C22H22ClN3O2S/c1-13-4-8-16(12-18(13)23)24-22(27)21-20(15-6-9-17(28-3)10-7-15)25-26-14(2)5-11-19(26)29-21/h4-12,20-21,25H,1-3H3,(H,24,27)/t20-,21+/m1/s1. The molecule has 3 aromatic rings. The largest absolute Gasteiger partial charge is 0.497 e. The highest BCUT2D eigenvalue weighted by atomic mass is 35.5. The summed E-state index contributed by atoms with van der Waals surface area (Å²) in [6, 6.07) is 17.2. The molecule has 0 saturated carbocycles. The number of amides is 1. The number of hydrogen-bond acceptors (Lipinski definition) is 4. The minimum Gasteiger partial charge on any atom is -0.497 e. The average molecular weight is 428 g/mol. The van der Waals surface area contributed by atoms with Gasteiger partial charge in [-0.25, -0.2) is 0 Å². The zero-order valence-electron chi connectivity index (χ0n) is 16.4. The van der Waals surface area contributed by atoms with Crippen LogP contribution in [0.5, 0.6) is 5.75 Å². The van der Waals surface area contributed by atoms with Crippen LogP contribution in [-0.2, 0) is 4.79 Å². The third-order valence-corrected chi connectivity index (χ3v) is 6.74. The van der Waals surface area contributed by atoms with Crippen LogP contribution in [0.4, 0.5) is 5.69 Å². The molecular weight excluding hydrogens is 406 g/mol. The van der Waals surface area contributed by atoms with Crippen molar-refractivity contribution < 1.29 is 9.53 Å². The molecule has 1 aliphatic rings. The topological polar surface area (TPSA) is 55.3 Å². The Labute approximate surface area is 179 Å². The molecule has 2 atom stereocenters. The smallest absolute Gasteiger partial charge is 0.240 e. The maximum atomic E-state index is 13.2. The zero-order valence-corrected chi connectivity index (χ0v) is 18.0. The van der Waals surface area contributed by atoms with Crippen molar-refractivity contribution in [2.75, 3.05) is 17.9 Å². The van der Waals surface area contributed by atoms with Gasteiger partial charge in [0.15, 0.2) is 0 Å². The number of carbonyl (C=O) groups is 1. The Hall–Kier alpha value is -2.57. The molecule has 0 radical (unpaired) electrons. The van der Waals surface area contributed by atoms with Crippen LogP contribution in [0.15, 0.2) is 59.6 Å². The van der Waals surface area contributed by atoms with Crippen molar-refractivity contribution in [1.82, 2.24) is 4.68 Å². The Kier molecular flexibility index (Phi) is 5.48. The highest BCUT2D eigenvalue weighted by Crippen LogP contribution is 2.39. The Morgan fingerprint density at radius 2 is 1.90 bits per heavy atom. The van der Waals surface area contributed by atoms with Gasteiger partial charge in [0.25, 0.3) is 0 Å². The van der Waals surface area contributed by atoms with E-state index in [1.807, 2.05) is 67.1 Å². The van der Waals surface area contributed by atoms with Crippen molar-refractivity contribution in [2.45, 2.75) is 30.2 Å². The van der Waals surface area contributed by atoms with Crippen LogP contribution < -0.4 is 15.5 Å². The van der Waals surface area contributed by atoms with Crippen LogP contribution in [-0.4, -0.2) is 22.9 Å². The molecule has 1 aliphatic heterocycles. The Morgan fingerprint density at radius 1 is 1.14 bits per heavy atom. The number of nitrogens with zero attached hydrogens (tertiary/aromatic N) is 1. The minimum absolute atomic E-state index is 0.0756. The second-order valence-electron chi connectivity index (χ2n) is 7.02. The monoisotopic (exact) mass is 427 g/mol. The highest BCUT2D eigenvalue weighted by Gasteiger charge is 2.36. The number of anilines is 1. The van der Waals surface area contributed by atoms with Gasteiger partial charge in [-0.15, -0.1) is 0 Å². The Morgan fingerprint density at radius 3 is 2.59 bits per heavy atom. The summed E-state index contributed by atoms with van der Waals surface area (Å²) < 4.78 is 7.30. The molecule has 2 heterocycles. The summed E-state index contributed by atoms with van der Waals surface area (Å²) >= 11 is 7.77. The fraction of sp³-hybridized carbons (Fsp3) is 0.227. The van der Waals surface area contributed by atoms with Gasteiger partial charge in [0, 0.05) is 16.4 Å². The lowest BCUT2D eigenvalue weighted by Gasteiger charge is -2.34. The number of methoxy groups -OCH3 is 1. The third kappa shape index (κ3) is 3.95. The molecule has 2 aromatic carbocycles. The quantitative estimate of drug-likeness (QED) is 0.603. The van der Waals surface area contributed by atoms with Crippen LogP contribution >= 0.6 is 23.4 Å². The lowest BCUT2D eigenvalue weighted by atomic mass is 10.0. The van der Waals surface area contributed by atoms with E-state index in [1.165, 1.54) is 0 Å². The minimum atomic E-state index is -0.356. The van der Waals surface area contributed by atoms with E-state index in [0.29, 0.717) is 10.7 Å². The number of hydrogen-bond donors (Lipinski definition) is 2. The first-order chi connectivity index (χ1) is 14.0. The predicted molar refractivity (Wildman–Crippen MR) is 119 cm³/mol. The molecule has 0 aliphatic carbocycles. The van der Waals surface area contributed by atoms with Crippen LogP contribution in [0, 0.1) is 13.8 Å². The van der Waals surface area contributed by atoms with E-state index in [1.54, 1.807) is 24.9 Å². The number of rotatable bonds is 4. The van der Waals surface area contributed by atoms with Gasteiger partial charge in [0.2, 0.25) is 5.91 Å². The zero-order chi connectivity index (χ0) is 20.5. The molecule has 0 unspecified atom stereocenters. The average Bonchev–Trinajstić information content (AvgIpc) is 3.10. The second kappa shape index (κ2) is 8.05.